The minimum atomic E-state index is -3.90. The first-order chi connectivity index (χ1) is 16.7. The highest BCUT2D eigenvalue weighted by Gasteiger charge is 2.20. The minimum absolute atomic E-state index is 0.0514. The minimum Gasteiger partial charge on any atom is -0.496 e. The lowest BCUT2D eigenvalue weighted by Gasteiger charge is -2.15. The topological polar surface area (TPSA) is 106 Å². The van der Waals surface area contributed by atoms with Gasteiger partial charge in [-0.1, -0.05) is 48.2 Å². The second kappa shape index (κ2) is 9.49. The number of sulfonamides is 1. The van der Waals surface area contributed by atoms with Crippen LogP contribution in [0.5, 0.6) is 5.75 Å². The summed E-state index contributed by atoms with van der Waals surface area (Å²) >= 11 is 0. The van der Waals surface area contributed by atoms with Crippen LogP contribution in [0.15, 0.2) is 71.8 Å². The summed E-state index contributed by atoms with van der Waals surface area (Å²) in [5.41, 5.74) is 2.61. The Labute approximate surface area is 203 Å². The number of benzene rings is 3. The normalized spacial score (nSPS) is 10.9. The molecule has 2 N–H and O–H groups in total. The largest absolute Gasteiger partial charge is 0.496 e. The van der Waals surface area contributed by atoms with Crippen LogP contribution in [0.4, 0.5) is 5.69 Å². The molecule has 4 aromatic rings. The van der Waals surface area contributed by atoms with E-state index in [9.17, 15) is 18.3 Å². The number of carbonyl (C=O) groups is 1. The zero-order valence-electron chi connectivity index (χ0n) is 19.3. The summed E-state index contributed by atoms with van der Waals surface area (Å²) in [5, 5.41) is 10.5. The average Bonchev–Trinajstić information content (AvgIpc) is 2.84. The van der Waals surface area contributed by atoms with Crippen LogP contribution in [-0.4, -0.2) is 31.6 Å². The second-order valence-corrected chi connectivity index (χ2v) is 9.44. The van der Waals surface area contributed by atoms with Crippen molar-refractivity contribution >= 4 is 32.5 Å². The van der Waals surface area contributed by atoms with Gasteiger partial charge in [0.15, 0.2) is 5.69 Å². The molecule has 7 nitrogen and oxygen atoms in total. The molecular formula is C27H22N2O5S. The molecule has 1 aromatic heterocycles. The number of anilines is 1. The lowest BCUT2D eigenvalue weighted by Crippen LogP contribution is -2.15. The fourth-order valence-corrected chi connectivity index (χ4v) is 5.14. The SMILES string of the molecule is COc1ccc(S(=O)(=O)Nc2ccccc2C#Cc2cnc(C(=O)O)c3ccccc23)c(C)c1C. The van der Waals surface area contributed by atoms with E-state index in [4.69, 9.17) is 4.74 Å². The number of rotatable bonds is 5. The molecule has 0 amide bonds. The number of aromatic carboxylic acids is 1. The van der Waals surface area contributed by atoms with Crippen molar-refractivity contribution < 1.29 is 23.1 Å². The van der Waals surface area contributed by atoms with Crippen LogP contribution in [-0.2, 0) is 10.0 Å². The lowest BCUT2D eigenvalue weighted by atomic mass is 10.0. The summed E-state index contributed by atoms with van der Waals surface area (Å²) < 4.78 is 34.3. The van der Waals surface area contributed by atoms with Gasteiger partial charge in [0, 0.05) is 22.5 Å². The van der Waals surface area contributed by atoms with Gasteiger partial charge in [-0.2, -0.15) is 0 Å². The molecule has 3 aromatic carbocycles. The van der Waals surface area contributed by atoms with Crippen molar-refractivity contribution in [2.75, 3.05) is 11.8 Å². The molecular weight excluding hydrogens is 464 g/mol. The molecule has 176 valence electrons. The molecule has 1 heterocycles. The Morgan fingerprint density at radius 1 is 0.914 bits per heavy atom. The second-order valence-electron chi connectivity index (χ2n) is 7.79. The van der Waals surface area contributed by atoms with E-state index < -0.39 is 16.0 Å². The van der Waals surface area contributed by atoms with Gasteiger partial charge in [-0.15, -0.1) is 0 Å². The number of carboxylic acids is 1. The molecule has 0 aliphatic rings. The van der Waals surface area contributed by atoms with Crippen LogP contribution in [0.1, 0.15) is 32.7 Å². The zero-order valence-corrected chi connectivity index (χ0v) is 20.1. The molecule has 0 aliphatic heterocycles. The molecule has 0 radical (unpaired) electrons. The maximum atomic E-state index is 13.2. The molecule has 0 fully saturated rings. The van der Waals surface area contributed by atoms with E-state index in [0.717, 1.165) is 5.56 Å². The summed E-state index contributed by atoms with van der Waals surface area (Å²) in [7, 11) is -2.36. The smallest absolute Gasteiger partial charge is 0.355 e. The number of pyridine rings is 1. The number of nitrogens with one attached hydrogen (secondary N) is 1. The Kier molecular flexibility index (Phi) is 6.45. The van der Waals surface area contributed by atoms with Crippen molar-refractivity contribution in [1.82, 2.24) is 4.98 Å². The maximum Gasteiger partial charge on any atom is 0.355 e. The number of aromatic nitrogens is 1. The Morgan fingerprint density at radius 2 is 1.57 bits per heavy atom. The van der Waals surface area contributed by atoms with Gasteiger partial charge >= 0.3 is 5.97 Å². The molecule has 0 saturated heterocycles. The highest BCUT2D eigenvalue weighted by Crippen LogP contribution is 2.29. The van der Waals surface area contributed by atoms with E-state index in [1.165, 1.54) is 19.4 Å². The van der Waals surface area contributed by atoms with E-state index in [-0.39, 0.29) is 10.6 Å². The van der Waals surface area contributed by atoms with Gasteiger partial charge in [0.05, 0.1) is 23.3 Å². The Balaban J connectivity index is 1.74. The third kappa shape index (κ3) is 4.67. The van der Waals surface area contributed by atoms with Gasteiger partial charge in [-0.25, -0.2) is 18.2 Å². The molecule has 35 heavy (non-hydrogen) atoms. The van der Waals surface area contributed by atoms with Crippen LogP contribution in [0.3, 0.4) is 0 Å². The molecule has 0 unspecified atom stereocenters. The molecule has 0 saturated carbocycles. The van der Waals surface area contributed by atoms with Gasteiger partial charge in [-0.05, 0) is 49.2 Å². The van der Waals surface area contributed by atoms with Crippen molar-refractivity contribution in [3.63, 3.8) is 0 Å². The van der Waals surface area contributed by atoms with Crippen molar-refractivity contribution in [3.05, 3.63) is 94.8 Å². The third-order valence-corrected chi connectivity index (χ3v) is 7.21. The first-order valence-electron chi connectivity index (χ1n) is 10.6. The summed E-state index contributed by atoms with van der Waals surface area (Å²) in [5.74, 6) is 5.51. The zero-order chi connectivity index (χ0) is 25.2. The van der Waals surface area contributed by atoms with E-state index in [0.29, 0.717) is 38.9 Å². The highest BCUT2D eigenvalue weighted by atomic mass is 32.2. The molecule has 4 rings (SSSR count). The molecule has 0 spiro atoms. The van der Waals surface area contributed by atoms with Gasteiger partial charge in [0.25, 0.3) is 10.0 Å². The number of nitrogens with zero attached hydrogens (tertiary/aromatic N) is 1. The van der Waals surface area contributed by atoms with Crippen LogP contribution >= 0.6 is 0 Å². The van der Waals surface area contributed by atoms with Gasteiger partial charge in [-0.3, -0.25) is 4.72 Å². The summed E-state index contributed by atoms with van der Waals surface area (Å²) in [6, 6.07) is 16.9. The fourth-order valence-electron chi connectivity index (χ4n) is 3.76. The standard InChI is InChI=1S/C27H22N2O5S/c1-17-18(2)25(15-14-24(17)34-3)35(32,33)29-23-11-7-4-8-19(23)12-13-20-16-28-26(27(30)31)22-10-6-5-9-21(20)22/h4-11,14-16,29H,1-3H3,(H,30,31). The van der Waals surface area contributed by atoms with E-state index >= 15 is 0 Å². The van der Waals surface area contributed by atoms with Crippen molar-refractivity contribution in [3.8, 4) is 17.6 Å². The Morgan fingerprint density at radius 3 is 2.29 bits per heavy atom. The maximum absolute atomic E-state index is 13.2. The van der Waals surface area contributed by atoms with Crippen LogP contribution in [0.2, 0.25) is 0 Å². The highest BCUT2D eigenvalue weighted by molar-refractivity contribution is 7.92. The van der Waals surface area contributed by atoms with Crippen LogP contribution in [0.25, 0.3) is 10.8 Å². The van der Waals surface area contributed by atoms with Crippen molar-refractivity contribution in [1.29, 1.82) is 0 Å². The first kappa shape index (κ1) is 23.8. The third-order valence-electron chi connectivity index (χ3n) is 5.70. The predicted octanol–water partition coefficient (Wildman–Crippen LogP) is 4.76. The number of carboxylic acid groups (broad SMARTS) is 1. The number of methoxy groups -OCH3 is 1. The summed E-state index contributed by atoms with van der Waals surface area (Å²) in [6.07, 6.45) is 1.41. The van der Waals surface area contributed by atoms with Crippen molar-refractivity contribution in [2.45, 2.75) is 18.7 Å². The van der Waals surface area contributed by atoms with E-state index in [2.05, 4.69) is 21.5 Å². The number of para-hydroxylation sites is 1. The van der Waals surface area contributed by atoms with Crippen molar-refractivity contribution in [2.24, 2.45) is 0 Å². The predicted molar refractivity (Wildman–Crippen MR) is 134 cm³/mol. The lowest BCUT2D eigenvalue weighted by molar-refractivity contribution is 0.0693. The van der Waals surface area contributed by atoms with Gasteiger partial charge in [0.2, 0.25) is 0 Å². The molecule has 8 heteroatoms. The molecule has 0 aliphatic carbocycles. The quantitative estimate of drug-likeness (QED) is 0.394. The van der Waals surface area contributed by atoms with Gasteiger partial charge < -0.3 is 9.84 Å². The van der Waals surface area contributed by atoms with E-state index in [1.807, 2.05) is 0 Å². The average molecular weight is 487 g/mol. The van der Waals surface area contributed by atoms with Gasteiger partial charge in [0.1, 0.15) is 5.75 Å². The Bertz CT molecular complexity index is 1630. The number of fused-ring (bicyclic) bond motifs is 1. The first-order valence-corrected chi connectivity index (χ1v) is 12.1. The summed E-state index contributed by atoms with van der Waals surface area (Å²) in [4.78, 5) is 15.7. The number of hydrogen-bond donors (Lipinski definition) is 2. The Hall–Kier alpha value is -4.35. The van der Waals surface area contributed by atoms with Crippen LogP contribution < -0.4 is 9.46 Å². The van der Waals surface area contributed by atoms with E-state index in [1.54, 1.807) is 68.4 Å². The fraction of sp³-hybridized carbons (Fsp3) is 0.111. The van der Waals surface area contributed by atoms with Crippen LogP contribution in [0, 0.1) is 25.7 Å². The molecule has 0 atom stereocenters. The summed E-state index contributed by atoms with van der Waals surface area (Å²) in [6.45, 7) is 3.54. The number of hydrogen-bond acceptors (Lipinski definition) is 5. The molecule has 0 bridgehead atoms. The number of ether oxygens (including phenoxy) is 1. The monoisotopic (exact) mass is 486 g/mol.